The summed E-state index contributed by atoms with van der Waals surface area (Å²) in [6.45, 7) is 9.13. The molecule has 0 bridgehead atoms. The van der Waals surface area contributed by atoms with Crippen LogP contribution in [0.1, 0.15) is 42.1 Å². The molecule has 1 aromatic heterocycles. The minimum Gasteiger partial charge on any atom is -0.507 e. The third-order valence-electron chi connectivity index (χ3n) is 5.17. The lowest BCUT2D eigenvalue weighted by atomic mass is 9.90. The van der Waals surface area contributed by atoms with Crippen LogP contribution >= 0.6 is 0 Å². The third-order valence-corrected chi connectivity index (χ3v) is 5.17. The zero-order valence-corrected chi connectivity index (χ0v) is 18.3. The van der Waals surface area contributed by atoms with E-state index in [0.29, 0.717) is 6.42 Å². The number of aromatic nitrogens is 1. The third kappa shape index (κ3) is 6.51. The minimum absolute atomic E-state index is 0.147. The summed E-state index contributed by atoms with van der Waals surface area (Å²) < 4.78 is 4.85. The normalized spacial score (nSPS) is 14.5. The van der Waals surface area contributed by atoms with Crippen LogP contribution in [0, 0.1) is 19.8 Å². The molecular weight excluding hydrogens is 394 g/mol. The van der Waals surface area contributed by atoms with Crippen LogP contribution in [0.2, 0.25) is 0 Å². The summed E-state index contributed by atoms with van der Waals surface area (Å²) in [5, 5.41) is 30.9. The van der Waals surface area contributed by atoms with Gasteiger partial charge in [-0.05, 0) is 86.2 Å². The van der Waals surface area contributed by atoms with E-state index in [1.54, 1.807) is 13.1 Å². The minimum atomic E-state index is -1.47. The molecule has 0 fully saturated rings. The van der Waals surface area contributed by atoms with Gasteiger partial charge in [-0.3, -0.25) is 4.98 Å². The highest BCUT2D eigenvalue weighted by Gasteiger charge is 2.30. The fourth-order valence-electron chi connectivity index (χ4n) is 3.48. The Kier molecular flexibility index (Phi) is 8.97. The Bertz CT molecular complexity index is 900. The lowest BCUT2D eigenvalue weighted by molar-refractivity contribution is -0.157. The second-order valence-electron chi connectivity index (χ2n) is 7.50. The van der Waals surface area contributed by atoms with Crippen LogP contribution in [-0.4, -0.2) is 45.1 Å². The lowest BCUT2D eigenvalue weighted by Crippen LogP contribution is -2.37. The number of hydrogen-bond acceptors (Lipinski definition) is 6. The number of aromatic hydroxyl groups is 1. The van der Waals surface area contributed by atoms with Crippen molar-refractivity contribution in [1.29, 1.82) is 0 Å². The molecule has 2 aromatic rings. The molecule has 3 atom stereocenters. The second kappa shape index (κ2) is 11.4. The summed E-state index contributed by atoms with van der Waals surface area (Å²) in [6, 6.07) is 9.37. The molecule has 1 heterocycles. The molecule has 0 saturated heterocycles. The number of hydrogen-bond donors (Lipinski definition) is 3. The number of pyridine rings is 1. The van der Waals surface area contributed by atoms with Gasteiger partial charge in [-0.15, -0.1) is 6.58 Å². The van der Waals surface area contributed by atoms with Crippen molar-refractivity contribution in [3.05, 3.63) is 71.6 Å². The summed E-state index contributed by atoms with van der Waals surface area (Å²) >= 11 is 0. The van der Waals surface area contributed by atoms with E-state index in [2.05, 4.69) is 11.6 Å². The summed E-state index contributed by atoms with van der Waals surface area (Å²) in [4.78, 5) is 16.3. The fraction of sp³-hybridized carbons (Fsp3) is 0.360. The van der Waals surface area contributed by atoms with E-state index in [4.69, 9.17) is 4.74 Å². The molecule has 6 nitrogen and oxygen atoms in total. The van der Waals surface area contributed by atoms with E-state index in [-0.39, 0.29) is 18.8 Å². The summed E-state index contributed by atoms with van der Waals surface area (Å²) in [7, 11) is 0. The van der Waals surface area contributed by atoms with Crippen molar-refractivity contribution < 1.29 is 24.9 Å². The number of ether oxygens (including phenoxy) is 1. The average Bonchev–Trinajstić information content (AvgIpc) is 2.76. The predicted octanol–water partition coefficient (Wildman–Crippen LogP) is 3.81. The number of benzene rings is 1. The van der Waals surface area contributed by atoms with E-state index < -0.39 is 24.1 Å². The van der Waals surface area contributed by atoms with Gasteiger partial charge in [0.05, 0.1) is 18.4 Å². The van der Waals surface area contributed by atoms with Crippen molar-refractivity contribution in [3.63, 3.8) is 0 Å². The van der Waals surface area contributed by atoms with Crippen LogP contribution in [-0.2, 0) is 9.53 Å². The van der Waals surface area contributed by atoms with E-state index in [0.717, 1.165) is 28.0 Å². The summed E-state index contributed by atoms with van der Waals surface area (Å²) in [5.74, 6) is -1.35. The number of allylic oxidation sites excluding steroid dienone is 1. The maximum atomic E-state index is 11.9. The van der Waals surface area contributed by atoms with Gasteiger partial charge in [0.15, 0.2) is 6.10 Å². The fourth-order valence-corrected chi connectivity index (χ4v) is 3.48. The molecule has 1 aromatic carbocycles. The maximum absolute atomic E-state index is 11.9. The number of nitrogens with zero attached hydrogens (tertiary/aromatic N) is 1. The molecule has 0 spiro atoms. The van der Waals surface area contributed by atoms with Crippen molar-refractivity contribution in [2.45, 2.75) is 45.8 Å². The molecule has 0 aliphatic carbocycles. The van der Waals surface area contributed by atoms with Crippen LogP contribution in [0.5, 0.6) is 5.75 Å². The summed E-state index contributed by atoms with van der Waals surface area (Å²) in [5.41, 5.74) is 4.11. The molecule has 6 heteroatoms. The first-order valence-corrected chi connectivity index (χ1v) is 10.4. The molecule has 0 unspecified atom stereocenters. The highest BCUT2D eigenvalue weighted by Crippen LogP contribution is 2.28. The van der Waals surface area contributed by atoms with Gasteiger partial charge in [-0.25, -0.2) is 4.79 Å². The molecule has 166 valence electrons. The number of carbonyl (C=O) groups excluding carboxylic acids is 1. The van der Waals surface area contributed by atoms with Gasteiger partial charge in [-0.2, -0.15) is 0 Å². The SMILES string of the molecule is C=C[C@H]([C@H](O)CC/C(=C/c1cc(C)c(O)c(C)c1)c1ccccn1)[C@H](O)C(=O)OCC. The smallest absolute Gasteiger partial charge is 0.335 e. The summed E-state index contributed by atoms with van der Waals surface area (Å²) in [6.07, 6.45) is 3.32. The molecule has 0 aliphatic rings. The number of aliphatic hydroxyl groups excluding tert-OH is 2. The van der Waals surface area contributed by atoms with Crippen molar-refractivity contribution in [3.8, 4) is 5.75 Å². The molecule has 0 amide bonds. The topological polar surface area (TPSA) is 99.9 Å². The van der Waals surface area contributed by atoms with Crippen LogP contribution < -0.4 is 0 Å². The van der Waals surface area contributed by atoms with Crippen LogP contribution in [0.3, 0.4) is 0 Å². The molecule has 2 rings (SSSR count). The monoisotopic (exact) mass is 425 g/mol. The Hall–Kier alpha value is -2.96. The van der Waals surface area contributed by atoms with Gasteiger partial charge >= 0.3 is 5.97 Å². The first-order chi connectivity index (χ1) is 14.8. The number of carbonyl (C=O) groups is 1. The van der Waals surface area contributed by atoms with Crippen molar-refractivity contribution >= 4 is 17.6 Å². The Labute approximate surface area is 183 Å². The molecule has 0 aliphatic heterocycles. The second-order valence-corrected chi connectivity index (χ2v) is 7.50. The van der Waals surface area contributed by atoms with Gasteiger partial charge in [0.25, 0.3) is 0 Å². The zero-order chi connectivity index (χ0) is 23.0. The number of aliphatic hydroxyl groups is 2. The van der Waals surface area contributed by atoms with E-state index in [1.165, 1.54) is 6.08 Å². The van der Waals surface area contributed by atoms with E-state index in [9.17, 15) is 20.1 Å². The van der Waals surface area contributed by atoms with Crippen LogP contribution in [0.25, 0.3) is 11.6 Å². The Balaban J connectivity index is 2.27. The van der Waals surface area contributed by atoms with Gasteiger partial charge in [0.1, 0.15) is 5.75 Å². The number of esters is 1. The zero-order valence-electron chi connectivity index (χ0n) is 18.3. The molecule has 3 N–H and O–H groups in total. The number of phenolic OH excluding ortho intramolecular Hbond substituents is 1. The highest BCUT2D eigenvalue weighted by atomic mass is 16.5. The maximum Gasteiger partial charge on any atom is 0.335 e. The Morgan fingerprint density at radius 3 is 2.45 bits per heavy atom. The molecule has 0 saturated carbocycles. The molecule has 31 heavy (non-hydrogen) atoms. The first kappa shape index (κ1) is 24.3. The van der Waals surface area contributed by atoms with Crippen molar-refractivity contribution in [1.82, 2.24) is 4.98 Å². The van der Waals surface area contributed by atoms with Crippen molar-refractivity contribution in [2.24, 2.45) is 5.92 Å². The first-order valence-electron chi connectivity index (χ1n) is 10.4. The Morgan fingerprint density at radius 1 is 1.23 bits per heavy atom. The average molecular weight is 426 g/mol. The quantitative estimate of drug-likeness (QED) is 0.395. The van der Waals surface area contributed by atoms with E-state index in [1.807, 2.05) is 50.3 Å². The van der Waals surface area contributed by atoms with Crippen LogP contribution in [0.15, 0.2) is 49.2 Å². The van der Waals surface area contributed by atoms with Crippen LogP contribution in [0.4, 0.5) is 0 Å². The number of phenols is 1. The predicted molar refractivity (Wildman–Crippen MR) is 121 cm³/mol. The molecular formula is C25H31NO5. The van der Waals surface area contributed by atoms with E-state index >= 15 is 0 Å². The molecule has 0 radical (unpaired) electrons. The highest BCUT2D eigenvalue weighted by molar-refractivity contribution is 5.80. The van der Waals surface area contributed by atoms with Gasteiger partial charge in [0, 0.05) is 12.1 Å². The largest absolute Gasteiger partial charge is 0.507 e. The number of rotatable bonds is 10. The van der Waals surface area contributed by atoms with Gasteiger partial charge < -0.3 is 20.1 Å². The standard InChI is InChI=1S/C25H31NO5/c1-5-20(24(29)25(30)31-6-2)22(27)11-10-19(21-9-7-8-12-26-21)15-18-13-16(3)23(28)17(4)14-18/h5,7-9,12-15,20,22,24,27-29H,1,6,10-11H2,2-4H3/b19-15-/t20-,22-,24+/m1/s1. The van der Waals surface area contributed by atoms with Gasteiger partial charge in [-0.1, -0.05) is 12.1 Å². The van der Waals surface area contributed by atoms with Gasteiger partial charge in [0.2, 0.25) is 0 Å². The number of aryl methyl sites for hydroxylation is 2. The van der Waals surface area contributed by atoms with Crippen molar-refractivity contribution in [2.75, 3.05) is 6.61 Å². The lowest BCUT2D eigenvalue weighted by Gasteiger charge is -2.24. The Morgan fingerprint density at radius 2 is 1.90 bits per heavy atom.